The molecule has 0 bridgehead atoms. The van der Waals surface area contributed by atoms with Crippen LogP contribution in [0.1, 0.15) is 38.5 Å². The van der Waals surface area contributed by atoms with Gasteiger partial charge in [0.2, 0.25) is 5.91 Å². The van der Waals surface area contributed by atoms with E-state index in [2.05, 4.69) is 11.0 Å². The van der Waals surface area contributed by atoms with E-state index in [1.165, 1.54) is 34.5 Å². The van der Waals surface area contributed by atoms with Crippen molar-refractivity contribution in [3.05, 3.63) is 87.1 Å². The molecule has 2 fully saturated rings. The number of para-hydroxylation sites is 1. The summed E-state index contributed by atoms with van der Waals surface area (Å²) in [6.45, 7) is 3.50. The van der Waals surface area contributed by atoms with E-state index in [0.29, 0.717) is 38.9 Å². The maximum atomic E-state index is 13.6. The summed E-state index contributed by atoms with van der Waals surface area (Å²) in [5.74, 6) is 0.900. The molecule has 0 N–H and O–H groups in total. The molecule has 12 heteroatoms. The lowest BCUT2D eigenvalue weighted by Gasteiger charge is -2.26. The van der Waals surface area contributed by atoms with E-state index in [9.17, 15) is 18.0 Å². The summed E-state index contributed by atoms with van der Waals surface area (Å²) in [6.07, 6.45) is 6.23. The monoisotopic (exact) mass is 698 g/mol. The third kappa shape index (κ3) is 7.10. The third-order valence-corrected chi connectivity index (χ3v) is 11.7. The second-order valence-electron chi connectivity index (χ2n) is 12.3. The lowest BCUT2D eigenvalue weighted by atomic mass is 9.86. The number of sulfone groups is 1. The highest BCUT2D eigenvalue weighted by Gasteiger charge is 2.44. The molecule has 6 rings (SSSR count). The Morgan fingerprint density at radius 3 is 2.54 bits per heavy atom. The molecule has 4 aromatic rings. The zero-order valence-electron chi connectivity index (χ0n) is 25.6. The van der Waals surface area contributed by atoms with Crippen molar-refractivity contribution in [1.29, 1.82) is 0 Å². The van der Waals surface area contributed by atoms with Crippen LogP contribution in [-0.4, -0.2) is 67.0 Å². The van der Waals surface area contributed by atoms with Crippen LogP contribution in [0.4, 0.5) is 5.69 Å². The predicted octanol–water partition coefficient (Wildman–Crippen LogP) is 6.88. The van der Waals surface area contributed by atoms with Crippen molar-refractivity contribution >= 4 is 67.3 Å². The molecule has 3 heterocycles. The Kier molecular flexibility index (Phi) is 9.71. The number of hydrogen-bond acceptors (Lipinski definition) is 7. The topological polar surface area (TPSA) is 92.6 Å². The van der Waals surface area contributed by atoms with Gasteiger partial charge < -0.3 is 9.80 Å². The molecule has 2 saturated heterocycles. The second-order valence-corrected chi connectivity index (χ2v) is 16.2. The first-order chi connectivity index (χ1) is 22.0. The molecule has 0 radical (unpaired) electrons. The van der Waals surface area contributed by atoms with Crippen LogP contribution < -0.4 is 10.5 Å². The van der Waals surface area contributed by atoms with Crippen LogP contribution >= 0.6 is 35.0 Å². The standard InChI is InChI=1S/C34H36Cl2N4O4S2/c1-46(43,44)26-13-14-27-29(21-26)37-33(40(32(27)42)25-9-7-8-24(35)20-25)45-19-6-2-3-12-31(41)39-18-16-34(23-39)15-17-38(22-34)30-11-5-4-10-28(30)36/h4-5,7-11,13-14,20-21H,2-3,6,12,15-19,22-23H2,1H3. The smallest absolute Gasteiger partial charge is 0.266 e. The summed E-state index contributed by atoms with van der Waals surface area (Å²) in [4.78, 5) is 36.0. The first-order valence-corrected chi connectivity index (χ1v) is 19.1. The summed E-state index contributed by atoms with van der Waals surface area (Å²) in [6, 6.07) is 19.4. The largest absolute Gasteiger partial charge is 0.370 e. The van der Waals surface area contributed by atoms with Crippen molar-refractivity contribution in [1.82, 2.24) is 14.5 Å². The summed E-state index contributed by atoms with van der Waals surface area (Å²) >= 11 is 14.1. The Morgan fingerprint density at radius 1 is 0.957 bits per heavy atom. The molecule has 1 amide bonds. The quantitative estimate of drug-likeness (QED) is 0.101. The molecule has 1 unspecified atom stereocenters. The molecule has 2 aliphatic rings. The van der Waals surface area contributed by atoms with Crippen LogP contribution in [0.3, 0.4) is 0 Å². The molecular formula is C34H36Cl2N4O4S2. The molecule has 2 aliphatic heterocycles. The number of amides is 1. The Morgan fingerprint density at radius 2 is 1.76 bits per heavy atom. The number of unbranched alkanes of at least 4 members (excludes halogenated alkanes) is 2. The fourth-order valence-electron chi connectivity index (χ4n) is 6.52. The van der Waals surface area contributed by atoms with E-state index in [4.69, 9.17) is 28.2 Å². The van der Waals surface area contributed by atoms with Crippen molar-refractivity contribution in [2.45, 2.75) is 48.6 Å². The van der Waals surface area contributed by atoms with Gasteiger partial charge in [0.15, 0.2) is 15.0 Å². The van der Waals surface area contributed by atoms with Gasteiger partial charge in [0, 0.05) is 55.0 Å². The number of likely N-dealkylation sites (tertiary alicyclic amines) is 1. The number of fused-ring (bicyclic) bond motifs is 1. The molecule has 1 aromatic heterocycles. The number of carbonyl (C=O) groups excluding carboxylic acids is 1. The molecule has 0 aliphatic carbocycles. The number of rotatable bonds is 10. The van der Waals surface area contributed by atoms with Crippen LogP contribution in [0.5, 0.6) is 0 Å². The van der Waals surface area contributed by atoms with E-state index < -0.39 is 9.84 Å². The lowest BCUT2D eigenvalue weighted by Crippen LogP contribution is -2.34. The van der Waals surface area contributed by atoms with E-state index in [1.54, 1.807) is 24.3 Å². The number of benzene rings is 3. The zero-order chi connectivity index (χ0) is 32.5. The van der Waals surface area contributed by atoms with Gasteiger partial charge in [0.05, 0.1) is 32.2 Å². The summed E-state index contributed by atoms with van der Waals surface area (Å²) in [5, 5.41) is 2.06. The third-order valence-electron chi connectivity index (χ3n) is 8.99. The van der Waals surface area contributed by atoms with Gasteiger partial charge in [-0.25, -0.2) is 13.4 Å². The fourth-order valence-corrected chi connectivity index (χ4v) is 8.61. The Hall–Kier alpha value is -3.05. The van der Waals surface area contributed by atoms with E-state index in [1.807, 2.05) is 23.1 Å². The van der Waals surface area contributed by atoms with Gasteiger partial charge in [0.25, 0.3) is 5.56 Å². The van der Waals surface area contributed by atoms with Crippen LogP contribution in [0, 0.1) is 5.41 Å². The first-order valence-electron chi connectivity index (χ1n) is 15.5. The molecular weight excluding hydrogens is 663 g/mol. The van der Waals surface area contributed by atoms with Gasteiger partial charge in [-0.1, -0.05) is 59.6 Å². The zero-order valence-corrected chi connectivity index (χ0v) is 28.8. The van der Waals surface area contributed by atoms with Gasteiger partial charge in [-0.15, -0.1) is 0 Å². The van der Waals surface area contributed by atoms with E-state index in [-0.39, 0.29) is 21.8 Å². The number of aromatic nitrogens is 2. The molecule has 8 nitrogen and oxygen atoms in total. The number of carbonyl (C=O) groups is 1. The minimum absolute atomic E-state index is 0.114. The molecule has 46 heavy (non-hydrogen) atoms. The lowest BCUT2D eigenvalue weighted by molar-refractivity contribution is -0.130. The Bertz CT molecular complexity index is 1950. The highest BCUT2D eigenvalue weighted by atomic mass is 35.5. The normalized spacial score (nSPS) is 18.2. The van der Waals surface area contributed by atoms with Gasteiger partial charge in [-0.2, -0.15) is 0 Å². The van der Waals surface area contributed by atoms with Gasteiger partial charge in [-0.3, -0.25) is 14.2 Å². The minimum Gasteiger partial charge on any atom is -0.370 e. The number of thioether (sulfide) groups is 1. The number of anilines is 1. The number of hydrogen-bond donors (Lipinski definition) is 0. The molecule has 242 valence electrons. The summed E-state index contributed by atoms with van der Waals surface area (Å²) < 4.78 is 25.8. The SMILES string of the molecule is CS(=O)(=O)c1ccc2c(=O)n(-c3cccc(Cl)c3)c(SCCCCCC(=O)N3CCC4(CCN(c5ccccc5Cl)C4)C3)nc2c1. The molecule has 3 aromatic carbocycles. The van der Waals surface area contributed by atoms with Gasteiger partial charge in [0.1, 0.15) is 0 Å². The number of halogens is 2. The maximum Gasteiger partial charge on any atom is 0.266 e. The van der Waals surface area contributed by atoms with Crippen molar-refractivity contribution < 1.29 is 13.2 Å². The second kappa shape index (κ2) is 13.6. The highest BCUT2D eigenvalue weighted by molar-refractivity contribution is 7.99. The maximum absolute atomic E-state index is 13.6. The van der Waals surface area contributed by atoms with Crippen LogP contribution in [-0.2, 0) is 14.6 Å². The van der Waals surface area contributed by atoms with Crippen molar-refractivity contribution in [3.8, 4) is 5.69 Å². The Labute approximate surface area is 283 Å². The summed E-state index contributed by atoms with van der Waals surface area (Å²) in [7, 11) is -3.46. The van der Waals surface area contributed by atoms with Crippen LogP contribution in [0.15, 0.2) is 81.6 Å². The van der Waals surface area contributed by atoms with Crippen molar-refractivity contribution in [2.24, 2.45) is 5.41 Å². The van der Waals surface area contributed by atoms with E-state index >= 15 is 0 Å². The van der Waals surface area contributed by atoms with Gasteiger partial charge in [-0.05, 0) is 74.2 Å². The van der Waals surface area contributed by atoms with Gasteiger partial charge >= 0.3 is 0 Å². The van der Waals surface area contributed by atoms with Crippen LogP contribution in [0.2, 0.25) is 10.0 Å². The molecule has 1 spiro atoms. The average Bonchev–Trinajstić information content (AvgIpc) is 3.64. The highest BCUT2D eigenvalue weighted by Crippen LogP contribution is 2.42. The molecule has 0 saturated carbocycles. The first kappa shape index (κ1) is 32.9. The average molecular weight is 700 g/mol. The fraction of sp³-hybridized carbons (Fsp3) is 0.382. The Balaban J connectivity index is 1.05. The van der Waals surface area contributed by atoms with Crippen molar-refractivity contribution in [2.75, 3.05) is 43.1 Å². The number of nitrogens with zero attached hydrogens (tertiary/aromatic N) is 4. The predicted molar refractivity (Wildman–Crippen MR) is 187 cm³/mol. The molecule has 1 atom stereocenters. The van der Waals surface area contributed by atoms with Crippen molar-refractivity contribution in [3.63, 3.8) is 0 Å². The minimum atomic E-state index is -3.46. The van der Waals surface area contributed by atoms with Crippen LogP contribution in [0.25, 0.3) is 16.6 Å². The summed E-state index contributed by atoms with van der Waals surface area (Å²) in [5.41, 5.74) is 1.85. The van der Waals surface area contributed by atoms with E-state index in [0.717, 1.165) is 75.2 Å².